The summed E-state index contributed by atoms with van der Waals surface area (Å²) in [5.74, 6) is 1.02. The van der Waals surface area contributed by atoms with Crippen LogP contribution in [-0.4, -0.2) is 53.4 Å². The van der Waals surface area contributed by atoms with E-state index in [-0.39, 0.29) is 0 Å². The standard InChI is InChI=1S/C18H27FN4O/c19-16-13-20-18(21-14-16)23-11-9-22(10-12-23)8-4-7-17(24)15-5-2-1-3-6-15/h13-15H,1-12H2. The zero-order valence-electron chi connectivity index (χ0n) is 14.3. The van der Waals surface area contributed by atoms with Gasteiger partial charge < -0.3 is 4.90 Å². The van der Waals surface area contributed by atoms with Crippen LogP contribution in [0, 0.1) is 11.7 Å². The number of aromatic nitrogens is 2. The van der Waals surface area contributed by atoms with Gasteiger partial charge in [-0.3, -0.25) is 9.69 Å². The molecule has 1 aromatic heterocycles. The predicted molar refractivity (Wildman–Crippen MR) is 91.5 cm³/mol. The molecule has 6 heteroatoms. The molecular formula is C18H27FN4O. The third kappa shape index (κ3) is 4.72. The van der Waals surface area contributed by atoms with Crippen LogP contribution in [0.4, 0.5) is 10.3 Å². The SMILES string of the molecule is O=C(CCCN1CCN(c2ncc(F)cn2)CC1)C1CCCCC1. The van der Waals surface area contributed by atoms with E-state index in [4.69, 9.17) is 0 Å². The second kappa shape index (κ2) is 8.51. The summed E-state index contributed by atoms with van der Waals surface area (Å²) in [7, 11) is 0. The topological polar surface area (TPSA) is 49.3 Å². The van der Waals surface area contributed by atoms with Crippen molar-refractivity contribution in [3.63, 3.8) is 0 Å². The van der Waals surface area contributed by atoms with E-state index in [0.717, 1.165) is 58.4 Å². The van der Waals surface area contributed by atoms with E-state index in [2.05, 4.69) is 19.8 Å². The van der Waals surface area contributed by atoms with E-state index >= 15 is 0 Å². The number of ketones is 1. The van der Waals surface area contributed by atoms with Crippen LogP contribution in [0.2, 0.25) is 0 Å². The highest BCUT2D eigenvalue weighted by molar-refractivity contribution is 5.81. The van der Waals surface area contributed by atoms with Gasteiger partial charge in [-0.1, -0.05) is 19.3 Å². The quantitative estimate of drug-likeness (QED) is 0.800. The molecule has 0 spiro atoms. The van der Waals surface area contributed by atoms with Crippen LogP contribution in [0.3, 0.4) is 0 Å². The number of carbonyl (C=O) groups excluding carboxylic acids is 1. The Kier molecular flexibility index (Phi) is 6.12. The normalized spacial score (nSPS) is 20.3. The average Bonchev–Trinajstić information content (AvgIpc) is 2.64. The minimum Gasteiger partial charge on any atom is -0.338 e. The van der Waals surface area contributed by atoms with Crippen molar-refractivity contribution >= 4 is 11.7 Å². The third-order valence-corrected chi connectivity index (χ3v) is 5.22. The Balaban J connectivity index is 1.35. The monoisotopic (exact) mass is 334 g/mol. The van der Waals surface area contributed by atoms with Gasteiger partial charge in [-0.15, -0.1) is 0 Å². The Morgan fingerprint density at radius 1 is 1.08 bits per heavy atom. The van der Waals surface area contributed by atoms with Crippen molar-refractivity contribution in [3.8, 4) is 0 Å². The molecule has 132 valence electrons. The number of carbonyl (C=O) groups is 1. The third-order valence-electron chi connectivity index (χ3n) is 5.22. The fraction of sp³-hybridized carbons (Fsp3) is 0.722. The number of rotatable bonds is 6. The molecule has 0 aromatic carbocycles. The summed E-state index contributed by atoms with van der Waals surface area (Å²) >= 11 is 0. The number of nitrogens with zero attached hydrogens (tertiary/aromatic N) is 4. The molecule has 1 aliphatic carbocycles. The lowest BCUT2D eigenvalue weighted by Crippen LogP contribution is -2.47. The Hall–Kier alpha value is -1.56. The minimum absolute atomic E-state index is 0.339. The highest BCUT2D eigenvalue weighted by Crippen LogP contribution is 2.25. The van der Waals surface area contributed by atoms with Crippen LogP contribution in [-0.2, 0) is 4.79 Å². The first-order chi connectivity index (χ1) is 11.7. The van der Waals surface area contributed by atoms with Crippen LogP contribution in [0.15, 0.2) is 12.4 Å². The van der Waals surface area contributed by atoms with Crippen molar-refractivity contribution < 1.29 is 9.18 Å². The summed E-state index contributed by atoms with van der Waals surface area (Å²) in [6, 6.07) is 0. The zero-order chi connectivity index (χ0) is 16.8. The number of halogens is 1. The predicted octanol–water partition coefficient (Wildman–Crippen LogP) is 2.67. The van der Waals surface area contributed by atoms with Gasteiger partial charge in [0.1, 0.15) is 5.78 Å². The molecule has 2 fully saturated rings. The average molecular weight is 334 g/mol. The fourth-order valence-corrected chi connectivity index (χ4v) is 3.75. The number of hydrogen-bond donors (Lipinski definition) is 0. The first-order valence-electron chi connectivity index (χ1n) is 9.20. The summed E-state index contributed by atoms with van der Waals surface area (Å²) in [5, 5.41) is 0. The molecule has 0 amide bonds. The van der Waals surface area contributed by atoms with Gasteiger partial charge in [-0.25, -0.2) is 14.4 Å². The van der Waals surface area contributed by atoms with Gasteiger partial charge in [-0.05, 0) is 25.8 Å². The lowest BCUT2D eigenvalue weighted by Gasteiger charge is -2.34. The van der Waals surface area contributed by atoms with Crippen LogP contribution >= 0.6 is 0 Å². The second-order valence-corrected chi connectivity index (χ2v) is 6.93. The van der Waals surface area contributed by atoms with Crippen LogP contribution < -0.4 is 4.90 Å². The van der Waals surface area contributed by atoms with Crippen molar-refractivity contribution in [2.75, 3.05) is 37.6 Å². The molecule has 2 heterocycles. The number of hydrogen-bond acceptors (Lipinski definition) is 5. The van der Waals surface area contributed by atoms with E-state index in [1.807, 2.05) is 0 Å². The minimum atomic E-state index is -0.403. The van der Waals surface area contributed by atoms with Gasteiger partial charge in [0.25, 0.3) is 0 Å². The molecule has 1 saturated heterocycles. The Labute approximate surface area is 143 Å². The van der Waals surface area contributed by atoms with E-state index in [1.54, 1.807) is 0 Å². The van der Waals surface area contributed by atoms with E-state index < -0.39 is 5.82 Å². The second-order valence-electron chi connectivity index (χ2n) is 6.93. The molecule has 1 saturated carbocycles. The first kappa shape index (κ1) is 17.3. The van der Waals surface area contributed by atoms with E-state index in [0.29, 0.717) is 17.6 Å². The summed E-state index contributed by atoms with van der Waals surface area (Å²) < 4.78 is 12.9. The zero-order valence-corrected chi connectivity index (χ0v) is 14.3. The summed E-state index contributed by atoms with van der Waals surface area (Å²) in [5.41, 5.74) is 0. The first-order valence-corrected chi connectivity index (χ1v) is 9.20. The van der Waals surface area contributed by atoms with Gasteiger partial charge in [0.15, 0.2) is 5.82 Å². The van der Waals surface area contributed by atoms with Crippen LogP contribution in [0.1, 0.15) is 44.9 Å². The van der Waals surface area contributed by atoms with Crippen molar-refractivity contribution in [1.82, 2.24) is 14.9 Å². The Morgan fingerprint density at radius 2 is 1.75 bits per heavy atom. The molecule has 5 nitrogen and oxygen atoms in total. The van der Waals surface area contributed by atoms with E-state index in [9.17, 15) is 9.18 Å². The highest BCUT2D eigenvalue weighted by Gasteiger charge is 2.22. The molecule has 1 aliphatic heterocycles. The molecule has 1 aromatic rings. The fourth-order valence-electron chi connectivity index (χ4n) is 3.75. The summed E-state index contributed by atoms with van der Waals surface area (Å²) in [4.78, 5) is 24.8. The van der Waals surface area contributed by atoms with Crippen molar-refractivity contribution in [2.24, 2.45) is 5.92 Å². The van der Waals surface area contributed by atoms with Crippen LogP contribution in [0.25, 0.3) is 0 Å². The van der Waals surface area contributed by atoms with Gasteiger partial charge >= 0.3 is 0 Å². The molecule has 2 aliphatic rings. The smallest absolute Gasteiger partial charge is 0.225 e. The molecule has 0 bridgehead atoms. The lowest BCUT2D eigenvalue weighted by atomic mass is 9.85. The Morgan fingerprint density at radius 3 is 2.42 bits per heavy atom. The van der Waals surface area contributed by atoms with Gasteiger partial charge in [0.05, 0.1) is 12.4 Å². The highest BCUT2D eigenvalue weighted by atomic mass is 19.1. The molecule has 0 unspecified atom stereocenters. The molecule has 0 N–H and O–H groups in total. The molecule has 0 radical (unpaired) electrons. The number of anilines is 1. The summed E-state index contributed by atoms with van der Waals surface area (Å²) in [6.07, 6.45) is 10.1. The maximum atomic E-state index is 12.9. The van der Waals surface area contributed by atoms with Crippen molar-refractivity contribution in [1.29, 1.82) is 0 Å². The van der Waals surface area contributed by atoms with E-state index in [1.165, 1.54) is 31.7 Å². The van der Waals surface area contributed by atoms with Crippen LogP contribution in [0.5, 0.6) is 0 Å². The molecular weight excluding hydrogens is 307 g/mol. The van der Waals surface area contributed by atoms with Crippen molar-refractivity contribution in [2.45, 2.75) is 44.9 Å². The summed E-state index contributed by atoms with van der Waals surface area (Å²) in [6.45, 7) is 4.57. The lowest BCUT2D eigenvalue weighted by molar-refractivity contribution is -0.123. The van der Waals surface area contributed by atoms with Gasteiger partial charge in [0, 0.05) is 38.5 Å². The molecule has 0 atom stereocenters. The van der Waals surface area contributed by atoms with Gasteiger partial charge in [0.2, 0.25) is 5.95 Å². The maximum Gasteiger partial charge on any atom is 0.225 e. The Bertz CT molecular complexity index is 522. The number of Topliss-reactive ketones (excluding diaryl/α,β-unsaturated/α-hetero) is 1. The largest absolute Gasteiger partial charge is 0.338 e. The number of piperazine rings is 1. The maximum absolute atomic E-state index is 12.9. The molecule has 24 heavy (non-hydrogen) atoms. The molecule has 3 rings (SSSR count). The van der Waals surface area contributed by atoms with Gasteiger partial charge in [-0.2, -0.15) is 0 Å². The van der Waals surface area contributed by atoms with Crippen molar-refractivity contribution in [3.05, 3.63) is 18.2 Å².